The van der Waals surface area contributed by atoms with E-state index in [1.807, 2.05) is 31.2 Å². The quantitative estimate of drug-likeness (QED) is 0.781. The lowest BCUT2D eigenvalue weighted by molar-refractivity contribution is 0.299. The molecule has 0 N–H and O–H groups in total. The monoisotopic (exact) mass is 295 g/mol. The van der Waals surface area contributed by atoms with E-state index in [-0.39, 0.29) is 0 Å². The van der Waals surface area contributed by atoms with Crippen molar-refractivity contribution in [3.63, 3.8) is 0 Å². The summed E-state index contributed by atoms with van der Waals surface area (Å²) in [6.45, 7) is 4.47. The van der Waals surface area contributed by atoms with Gasteiger partial charge in [-0.1, -0.05) is 29.8 Å². The fourth-order valence-corrected chi connectivity index (χ4v) is 3.15. The summed E-state index contributed by atoms with van der Waals surface area (Å²) in [6.07, 6.45) is 0. The summed E-state index contributed by atoms with van der Waals surface area (Å²) in [5, 5.41) is 0. The third kappa shape index (κ3) is 4.23. The molecule has 0 spiro atoms. The van der Waals surface area contributed by atoms with Gasteiger partial charge in [0.05, 0.1) is 10.9 Å². The normalized spacial score (nSPS) is 10.9. The van der Waals surface area contributed by atoms with Crippen molar-refractivity contribution >= 4 is 22.9 Å². The van der Waals surface area contributed by atoms with Crippen molar-refractivity contribution in [2.24, 2.45) is 0 Å². The highest BCUT2D eigenvalue weighted by atomic mass is 35.5. The molecule has 0 bridgehead atoms. The van der Waals surface area contributed by atoms with E-state index < -0.39 is 0 Å². The lowest BCUT2D eigenvalue weighted by Crippen LogP contribution is -2.17. The lowest BCUT2D eigenvalue weighted by Gasteiger charge is -2.18. The van der Waals surface area contributed by atoms with Gasteiger partial charge in [-0.05, 0) is 32.2 Å². The van der Waals surface area contributed by atoms with E-state index in [0.29, 0.717) is 6.61 Å². The Balaban J connectivity index is 2.00. The van der Waals surface area contributed by atoms with Crippen molar-refractivity contribution in [2.45, 2.75) is 20.0 Å². The summed E-state index contributed by atoms with van der Waals surface area (Å²) in [7, 11) is 2.11. The van der Waals surface area contributed by atoms with Gasteiger partial charge in [0.25, 0.3) is 0 Å². The van der Waals surface area contributed by atoms with Crippen LogP contribution in [0.15, 0.2) is 36.4 Å². The topological polar surface area (TPSA) is 12.5 Å². The first-order chi connectivity index (χ1) is 9.19. The zero-order chi connectivity index (χ0) is 13.7. The van der Waals surface area contributed by atoms with Crippen LogP contribution in [0, 0.1) is 0 Å². The highest BCUT2D eigenvalue weighted by Gasteiger charge is 2.08. The summed E-state index contributed by atoms with van der Waals surface area (Å²) >= 11 is 7.58. The molecule has 1 heterocycles. The van der Waals surface area contributed by atoms with Gasteiger partial charge in [-0.15, -0.1) is 11.3 Å². The molecule has 0 aliphatic heterocycles. The van der Waals surface area contributed by atoms with Crippen LogP contribution >= 0.6 is 22.9 Å². The van der Waals surface area contributed by atoms with Gasteiger partial charge >= 0.3 is 0 Å². The minimum Gasteiger partial charge on any atom is -0.494 e. The van der Waals surface area contributed by atoms with E-state index in [9.17, 15) is 0 Å². The van der Waals surface area contributed by atoms with Crippen LogP contribution in [-0.4, -0.2) is 18.6 Å². The van der Waals surface area contributed by atoms with E-state index in [1.165, 1.54) is 10.4 Å². The van der Waals surface area contributed by atoms with Gasteiger partial charge < -0.3 is 4.74 Å². The van der Waals surface area contributed by atoms with Crippen molar-refractivity contribution in [2.75, 3.05) is 13.7 Å². The Morgan fingerprint density at radius 3 is 2.63 bits per heavy atom. The van der Waals surface area contributed by atoms with Crippen LogP contribution in [0.1, 0.15) is 17.4 Å². The number of hydrogen-bond acceptors (Lipinski definition) is 3. The maximum Gasteiger partial charge on any atom is 0.123 e. The Labute approximate surface area is 123 Å². The molecule has 102 valence electrons. The molecular weight excluding hydrogens is 278 g/mol. The fraction of sp³-hybridized carbons (Fsp3) is 0.333. The van der Waals surface area contributed by atoms with Crippen LogP contribution in [0.4, 0.5) is 0 Å². The number of halogens is 1. The molecule has 0 atom stereocenters. The Hall–Kier alpha value is -1.03. The first-order valence-corrected chi connectivity index (χ1v) is 7.52. The van der Waals surface area contributed by atoms with Crippen LogP contribution in [0.3, 0.4) is 0 Å². The minimum absolute atomic E-state index is 0.696. The van der Waals surface area contributed by atoms with Crippen LogP contribution < -0.4 is 4.74 Å². The number of para-hydroxylation sites is 1. The molecule has 4 heteroatoms. The van der Waals surface area contributed by atoms with Crippen molar-refractivity contribution in [3.8, 4) is 5.75 Å². The summed E-state index contributed by atoms with van der Waals surface area (Å²) in [4.78, 5) is 3.54. The number of rotatable bonds is 6. The Morgan fingerprint density at radius 2 is 1.95 bits per heavy atom. The predicted octanol–water partition coefficient (Wildman–Crippen LogP) is 4.43. The Morgan fingerprint density at radius 1 is 1.16 bits per heavy atom. The molecule has 0 aliphatic carbocycles. The van der Waals surface area contributed by atoms with Crippen molar-refractivity contribution in [1.82, 2.24) is 4.90 Å². The smallest absolute Gasteiger partial charge is 0.123 e. The number of thiophene rings is 1. The highest BCUT2D eigenvalue weighted by Crippen LogP contribution is 2.24. The first kappa shape index (κ1) is 14.4. The van der Waals surface area contributed by atoms with E-state index in [1.54, 1.807) is 11.3 Å². The van der Waals surface area contributed by atoms with Gasteiger partial charge in [0, 0.05) is 23.5 Å². The molecule has 0 aliphatic rings. The van der Waals surface area contributed by atoms with Crippen LogP contribution in [-0.2, 0) is 13.1 Å². The maximum atomic E-state index is 5.95. The second kappa shape index (κ2) is 6.94. The number of hydrogen-bond donors (Lipinski definition) is 0. The van der Waals surface area contributed by atoms with Crippen molar-refractivity contribution < 1.29 is 4.74 Å². The Bertz CT molecular complexity index is 526. The van der Waals surface area contributed by atoms with Gasteiger partial charge in [-0.3, -0.25) is 4.90 Å². The second-order valence-corrected chi connectivity index (χ2v) is 6.22. The van der Waals surface area contributed by atoms with Crippen molar-refractivity contribution in [3.05, 3.63) is 51.2 Å². The van der Waals surface area contributed by atoms with Gasteiger partial charge in [0.15, 0.2) is 0 Å². The highest BCUT2D eigenvalue weighted by molar-refractivity contribution is 7.16. The van der Waals surface area contributed by atoms with Crippen LogP contribution in [0.5, 0.6) is 5.75 Å². The van der Waals surface area contributed by atoms with Crippen LogP contribution in [0.2, 0.25) is 4.34 Å². The van der Waals surface area contributed by atoms with Gasteiger partial charge in [-0.25, -0.2) is 0 Å². The number of ether oxygens (including phenoxy) is 1. The van der Waals surface area contributed by atoms with Gasteiger partial charge in [0.1, 0.15) is 5.75 Å². The zero-order valence-electron chi connectivity index (χ0n) is 11.2. The minimum atomic E-state index is 0.696. The second-order valence-electron chi connectivity index (χ2n) is 4.42. The van der Waals surface area contributed by atoms with E-state index >= 15 is 0 Å². The number of benzene rings is 1. The molecule has 19 heavy (non-hydrogen) atoms. The van der Waals surface area contributed by atoms with E-state index in [2.05, 4.69) is 24.1 Å². The summed E-state index contributed by atoms with van der Waals surface area (Å²) in [5.41, 5.74) is 1.22. The summed E-state index contributed by atoms with van der Waals surface area (Å²) in [5.74, 6) is 0.973. The van der Waals surface area contributed by atoms with E-state index in [0.717, 1.165) is 23.2 Å². The molecule has 2 nitrogen and oxygen atoms in total. The fourth-order valence-electron chi connectivity index (χ4n) is 1.98. The molecule has 0 radical (unpaired) electrons. The molecule has 0 saturated heterocycles. The average Bonchev–Trinajstić information content (AvgIpc) is 2.77. The molecular formula is C15H18ClNOS. The average molecular weight is 296 g/mol. The standard InChI is InChI=1S/C15H18ClNOS/c1-3-18-14-7-5-4-6-12(14)10-17(2)11-13-8-9-15(16)19-13/h4-9H,3,10-11H2,1-2H3. The number of nitrogens with zero attached hydrogens (tertiary/aromatic N) is 1. The zero-order valence-corrected chi connectivity index (χ0v) is 12.8. The molecule has 0 amide bonds. The molecule has 0 fully saturated rings. The lowest BCUT2D eigenvalue weighted by atomic mass is 10.2. The van der Waals surface area contributed by atoms with E-state index in [4.69, 9.17) is 16.3 Å². The molecule has 2 aromatic rings. The largest absolute Gasteiger partial charge is 0.494 e. The van der Waals surface area contributed by atoms with Crippen molar-refractivity contribution in [1.29, 1.82) is 0 Å². The molecule has 0 unspecified atom stereocenters. The SMILES string of the molecule is CCOc1ccccc1CN(C)Cc1ccc(Cl)s1. The summed E-state index contributed by atoms with van der Waals surface area (Å²) in [6, 6.07) is 12.2. The molecule has 2 rings (SSSR count). The Kier molecular flexibility index (Phi) is 5.25. The van der Waals surface area contributed by atoms with Gasteiger partial charge in [-0.2, -0.15) is 0 Å². The van der Waals surface area contributed by atoms with Gasteiger partial charge in [0.2, 0.25) is 0 Å². The first-order valence-electron chi connectivity index (χ1n) is 6.32. The van der Waals surface area contributed by atoms with Crippen LogP contribution in [0.25, 0.3) is 0 Å². The molecule has 1 aromatic heterocycles. The summed E-state index contributed by atoms with van der Waals surface area (Å²) < 4.78 is 6.49. The third-order valence-corrected chi connectivity index (χ3v) is 3.98. The molecule has 1 aromatic carbocycles. The predicted molar refractivity (Wildman–Crippen MR) is 82.1 cm³/mol. The third-order valence-electron chi connectivity index (χ3n) is 2.77. The molecule has 0 saturated carbocycles. The maximum absolute atomic E-state index is 5.95.